The van der Waals surface area contributed by atoms with Crippen LogP contribution in [0.15, 0.2) is 78.0 Å². The SMILES string of the molecule is CO[C@H]1/C=C/O[C@@]2(C)Oc3c(C)c(O)c4c(c3C2=O)C(=O)C(N2CCN(C(=O)CN3CCN(c5ccc(OCC6(C)Cn7cc([N+](=O)[O-])nc7O6)cc5)CC3)CC2)=C(NC(=O)/C(C)=C\C=C\[C@H](C)[C@H](O)[C@@H](C)[C@@H](O)[C@@H](C)[C@H](OC(C)=O)[C@@H]1C)C4=O. The van der Waals surface area contributed by atoms with Gasteiger partial charge in [-0.15, -0.1) is 0 Å². The molecule has 10 rings (SSSR count). The Bertz CT molecular complexity index is 3260. The predicted molar refractivity (Wildman–Crippen MR) is 305 cm³/mol. The van der Waals surface area contributed by atoms with Crippen LogP contribution in [-0.2, 0) is 35.1 Å². The second-order valence-corrected chi connectivity index (χ2v) is 23.2. The number of benzene rings is 2. The molecule has 0 radical (unpaired) electrons. The number of anilines is 1. The molecule has 0 saturated carbocycles. The monoisotopic (exact) mass is 1180 g/mol. The molecule has 25 heteroatoms. The Balaban J connectivity index is 0.909. The maximum atomic E-state index is 15.3. The average molecular weight is 1180 g/mol. The highest BCUT2D eigenvalue weighted by Crippen LogP contribution is 2.49. The summed E-state index contributed by atoms with van der Waals surface area (Å²) in [5, 5.41) is 48.7. The van der Waals surface area contributed by atoms with E-state index in [-0.39, 0.29) is 85.2 Å². The highest BCUT2D eigenvalue weighted by atomic mass is 16.7. The first-order valence-electron chi connectivity index (χ1n) is 28.4. The van der Waals surface area contributed by atoms with Crippen LogP contribution in [0.3, 0.4) is 0 Å². The van der Waals surface area contributed by atoms with Crippen LogP contribution in [0.25, 0.3) is 0 Å². The summed E-state index contributed by atoms with van der Waals surface area (Å²) in [6.45, 7) is 17.6. The van der Waals surface area contributed by atoms with Crippen LogP contribution in [-0.4, -0.2) is 188 Å². The number of aliphatic hydroxyl groups is 2. The van der Waals surface area contributed by atoms with Crippen molar-refractivity contribution in [3.63, 3.8) is 0 Å². The van der Waals surface area contributed by atoms with Crippen molar-refractivity contribution < 1.29 is 77.4 Å². The first-order chi connectivity index (χ1) is 40.2. The van der Waals surface area contributed by atoms with Gasteiger partial charge >= 0.3 is 23.6 Å². The van der Waals surface area contributed by atoms with Gasteiger partial charge < -0.3 is 73.9 Å². The fourth-order valence-electron chi connectivity index (χ4n) is 12.0. The second kappa shape index (κ2) is 24.5. The predicted octanol–water partition coefficient (Wildman–Crippen LogP) is 4.26. The summed E-state index contributed by atoms with van der Waals surface area (Å²) < 4.78 is 37.3. The van der Waals surface area contributed by atoms with Gasteiger partial charge in [-0.05, 0) is 56.0 Å². The number of carbonyl (C=O) groups excluding carboxylic acids is 6. The van der Waals surface area contributed by atoms with Crippen LogP contribution < -0.4 is 24.4 Å². The number of ketones is 3. The maximum Gasteiger partial charge on any atom is 0.415 e. The lowest BCUT2D eigenvalue weighted by molar-refractivity contribution is -0.389. The van der Waals surface area contributed by atoms with Crippen molar-refractivity contribution in [3.8, 4) is 23.3 Å². The van der Waals surface area contributed by atoms with Crippen LogP contribution in [0.2, 0.25) is 0 Å². The molecule has 7 heterocycles. The number of piperazine rings is 2. The van der Waals surface area contributed by atoms with Crippen LogP contribution in [0, 0.1) is 40.7 Å². The molecule has 25 nitrogen and oxygen atoms in total. The molecule has 2 saturated heterocycles. The minimum absolute atomic E-state index is 0.0432. The van der Waals surface area contributed by atoms with Crippen molar-refractivity contribution in [1.82, 2.24) is 29.6 Å². The molecule has 7 aliphatic rings. The van der Waals surface area contributed by atoms with Gasteiger partial charge in [-0.25, -0.2) is 0 Å². The van der Waals surface area contributed by atoms with Gasteiger partial charge in [0.1, 0.15) is 47.6 Å². The molecule has 85 heavy (non-hydrogen) atoms. The largest absolute Gasteiger partial charge is 0.507 e. The van der Waals surface area contributed by atoms with Crippen molar-refractivity contribution >= 4 is 46.6 Å². The fourth-order valence-corrected chi connectivity index (χ4v) is 12.0. The number of amides is 2. The van der Waals surface area contributed by atoms with E-state index < -0.39 is 116 Å². The number of aromatic hydroxyl groups is 1. The normalized spacial score (nSPS) is 29.9. The number of phenolic OH excluding ortho intramolecular Hbond substituents is 1. The number of esters is 1. The van der Waals surface area contributed by atoms with Crippen LogP contribution in [0.4, 0.5) is 11.5 Å². The number of aromatic nitrogens is 2. The number of nitro groups is 1. The number of hydrogen-bond acceptors (Lipinski definition) is 21. The number of allylic oxidation sites excluding steroid dienone is 4. The number of Topliss-reactive ketones (excluding diaryl/α,β-unsaturated/α-hetero) is 3. The number of ether oxygens (including phenoxy) is 6. The number of fused-ring (bicyclic) bond motifs is 15. The van der Waals surface area contributed by atoms with E-state index in [1.165, 1.54) is 53.2 Å². The van der Waals surface area contributed by atoms with Crippen LogP contribution >= 0.6 is 0 Å². The van der Waals surface area contributed by atoms with Gasteiger partial charge in [0, 0.05) is 119 Å². The lowest BCUT2D eigenvalue weighted by Crippen LogP contribution is -2.54. The molecule has 6 aliphatic heterocycles. The Kier molecular flexibility index (Phi) is 17.7. The third-order valence-electron chi connectivity index (χ3n) is 17.1. The highest BCUT2D eigenvalue weighted by Gasteiger charge is 2.53. The first kappa shape index (κ1) is 61.4. The van der Waals surface area contributed by atoms with Gasteiger partial charge in [-0.2, -0.15) is 0 Å². The Hall–Kier alpha value is -8.13. The van der Waals surface area contributed by atoms with E-state index in [2.05, 4.69) is 20.1 Å². The number of aliphatic hydroxyl groups excluding tert-OH is 2. The van der Waals surface area contributed by atoms with E-state index in [0.717, 1.165) is 11.9 Å². The summed E-state index contributed by atoms with van der Waals surface area (Å²) in [5.74, 6) is -9.56. The number of imidazole rings is 1. The minimum atomic E-state index is -2.16. The highest BCUT2D eigenvalue weighted by molar-refractivity contribution is 6.32. The van der Waals surface area contributed by atoms with E-state index in [0.29, 0.717) is 38.5 Å². The maximum absolute atomic E-state index is 15.3. The van der Waals surface area contributed by atoms with Gasteiger partial charge in [-0.3, -0.25) is 38.2 Å². The molecule has 10 atom stereocenters. The Labute approximate surface area is 491 Å². The number of nitrogens with one attached hydrogen (secondary N) is 1. The quantitative estimate of drug-likeness (QED) is 0.125. The molecule has 5 bridgehead atoms. The molecule has 2 aromatic carbocycles. The number of rotatable bonds is 10. The summed E-state index contributed by atoms with van der Waals surface area (Å²) in [7, 11) is 1.41. The van der Waals surface area contributed by atoms with Gasteiger partial charge in [-0.1, -0.05) is 45.9 Å². The number of phenols is 1. The second-order valence-electron chi connectivity index (χ2n) is 23.2. The molecule has 456 valence electrons. The van der Waals surface area contributed by atoms with Crippen molar-refractivity contribution in [3.05, 3.63) is 110 Å². The van der Waals surface area contributed by atoms with Gasteiger partial charge in [0.25, 0.3) is 11.7 Å². The van der Waals surface area contributed by atoms with E-state index >= 15 is 4.79 Å². The van der Waals surface area contributed by atoms with E-state index in [1.807, 2.05) is 31.2 Å². The van der Waals surface area contributed by atoms with Gasteiger partial charge in [0.2, 0.25) is 17.5 Å². The molecular weight excluding hydrogens is 1100 g/mol. The summed E-state index contributed by atoms with van der Waals surface area (Å²) >= 11 is 0. The molecule has 2 amide bonds. The molecule has 2 fully saturated rings. The van der Waals surface area contributed by atoms with E-state index in [9.17, 15) is 49.4 Å². The Morgan fingerprint density at radius 2 is 1.53 bits per heavy atom. The zero-order chi connectivity index (χ0) is 61.6. The minimum Gasteiger partial charge on any atom is -0.507 e. The third kappa shape index (κ3) is 12.2. The van der Waals surface area contributed by atoms with Crippen LogP contribution in [0.5, 0.6) is 23.3 Å². The summed E-state index contributed by atoms with van der Waals surface area (Å²) in [6.07, 6.45) is 4.51. The van der Waals surface area contributed by atoms with Gasteiger partial charge in [0.05, 0.1) is 54.4 Å². The van der Waals surface area contributed by atoms with Crippen molar-refractivity contribution in [2.75, 3.05) is 77.5 Å². The standard InChI is InChI=1S/C60H74N8O17/c1-32-12-11-13-33(2)57(77)62-47-48(66-25-23-65(24-26-66)43(70)29-63-19-21-64(22-20-63)39-14-16-40(17-15-39)81-31-59(8)30-67-28-42(68(78)79)61-58(67)85-59)53(75)44-45(52(47)74)51(73)37(6)55-46(44)56(76)60(9,84-55)82-27-18-41(80-10)34(3)54(83-38(7)69)36(5)50(72)35(4)49(32)71/h11-18,27-28,32,34-36,41,49-50,54,71-73H,19-26,29-31H2,1-10H3,(H,62,77)/b12-11+,27-18+,33-13-/t32-,34+,35+,36+,41-,49-,50+,54+,59?,60-/m0/s1. The zero-order valence-electron chi connectivity index (χ0n) is 49.4. The molecular formula is C60H74N8O17. The summed E-state index contributed by atoms with van der Waals surface area (Å²) in [6, 6.07) is 7.80. The van der Waals surface area contributed by atoms with Crippen molar-refractivity contribution in [2.24, 2.45) is 23.7 Å². The first-order valence-corrected chi connectivity index (χ1v) is 28.4. The van der Waals surface area contributed by atoms with Crippen molar-refractivity contribution in [1.29, 1.82) is 0 Å². The van der Waals surface area contributed by atoms with E-state index in [4.69, 9.17) is 28.4 Å². The molecule has 1 aliphatic carbocycles. The van der Waals surface area contributed by atoms with Crippen LogP contribution in [0.1, 0.15) is 92.0 Å². The molecule has 1 aromatic heterocycles. The lowest BCUT2D eigenvalue weighted by atomic mass is 9.78. The molecule has 1 unspecified atom stereocenters. The molecule has 3 aromatic rings. The third-order valence-corrected chi connectivity index (χ3v) is 17.1. The fraction of sp³-hybridized carbons (Fsp3) is 0.517. The summed E-state index contributed by atoms with van der Waals surface area (Å²) in [4.78, 5) is 108. The number of carbonyl (C=O) groups is 6. The average Bonchev–Trinajstić information content (AvgIpc) is 1.77. The van der Waals surface area contributed by atoms with E-state index in [1.54, 1.807) is 54.2 Å². The number of hydrogen-bond donors (Lipinski definition) is 4. The molecule has 4 N–H and O–H groups in total. The number of methoxy groups -OCH3 is 1. The lowest BCUT2D eigenvalue weighted by Gasteiger charge is -2.40. The topological polar surface area (TPSA) is 304 Å². The Morgan fingerprint density at radius 1 is 0.859 bits per heavy atom. The molecule has 0 spiro atoms. The number of nitrogens with zero attached hydrogens (tertiary/aromatic N) is 7. The van der Waals surface area contributed by atoms with Gasteiger partial charge in [0.15, 0.2) is 5.60 Å². The zero-order valence-corrected chi connectivity index (χ0v) is 49.4. The van der Waals surface area contributed by atoms with Crippen molar-refractivity contribution in [2.45, 2.75) is 105 Å². The smallest absolute Gasteiger partial charge is 0.415 e. The summed E-state index contributed by atoms with van der Waals surface area (Å²) in [5.41, 5.74) is -1.71. The Morgan fingerprint density at radius 3 is 2.16 bits per heavy atom.